The van der Waals surface area contributed by atoms with Crippen LogP contribution in [0.5, 0.6) is 0 Å². The van der Waals surface area contributed by atoms with Gasteiger partial charge >= 0.3 is 0 Å². The second-order valence-electron chi connectivity index (χ2n) is 6.52. The van der Waals surface area contributed by atoms with E-state index in [-0.39, 0.29) is 11.9 Å². The number of benzene rings is 1. The van der Waals surface area contributed by atoms with Crippen molar-refractivity contribution in [3.8, 4) is 0 Å². The molecule has 2 saturated heterocycles. The van der Waals surface area contributed by atoms with Crippen molar-refractivity contribution in [2.24, 2.45) is 0 Å². The third kappa shape index (κ3) is 4.08. The van der Waals surface area contributed by atoms with Gasteiger partial charge in [-0.25, -0.2) is 0 Å². The van der Waals surface area contributed by atoms with Crippen LogP contribution in [-0.2, 0) is 11.3 Å². The molecule has 0 aliphatic carbocycles. The van der Waals surface area contributed by atoms with Crippen molar-refractivity contribution in [1.82, 2.24) is 15.5 Å². The van der Waals surface area contributed by atoms with Crippen molar-refractivity contribution < 1.29 is 4.79 Å². The van der Waals surface area contributed by atoms with Gasteiger partial charge in [0.25, 0.3) is 0 Å². The highest BCUT2D eigenvalue weighted by atomic mass is 16.2. The Balaban J connectivity index is 1.60. The van der Waals surface area contributed by atoms with E-state index in [4.69, 9.17) is 0 Å². The van der Waals surface area contributed by atoms with E-state index in [1.54, 1.807) is 0 Å². The monoisotopic (exact) mass is 301 g/mol. The van der Waals surface area contributed by atoms with Crippen molar-refractivity contribution in [3.05, 3.63) is 35.9 Å². The van der Waals surface area contributed by atoms with Gasteiger partial charge in [-0.2, -0.15) is 0 Å². The van der Waals surface area contributed by atoms with Gasteiger partial charge in [-0.3, -0.25) is 9.69 Å². The molecule has 2 heterocycles. The molecule has 22 heavy (non-hydrogen) atoms. The predicted octanol–water partition coefficient (Wildman–Crippen LogP) is 1.91. The number of likely N-dealkylation sites (tertiary alicyclic amines) is 1. The van der Waals surface area contributed by atoms with Crippen LogP contribution in [0.3, 0.4) is 0 Å². The second kappa shape index (κ2) is 7.75. The Bertz CT molecular complexity index is 470. The topological polar surface area (TPSA) is 44.4 Å². The van der Waals surface area contributed by atoms with Crippen LogP contribution in [0.2, 0.25) is 0 Å². The Morgan fingerprint density at radius 1 is 1.18 bits per heavy atom. The molecule has 0 saturated carbocycles. The molecule has 1 amide bonds. The third-order valence-corrected chi connectivity index (χ3v) is 4.79. The summed E-state index contributed by atoms with van der Waals surface area (Å²) in [5.41, 5.74) is 1.29. The van der Waals surface area contributed by atoms with Gasteiger partial charge in [-0.1, -0.05) is 36.8 Å². The van der Waals surface area contributed by atoms with Crippen molar-refractivity contribution in [2.75, 3.05) is 19.6 Å². The average molecular weight is 301 g/mol. The maximum atomic E-state index is 12.7. The molecule has 0 spiro atoms. The highest BCUT2D eigenvalue weighted by molar-refractivity contribution is 5.82. The number of nitrogens with one attached hydrogen (secondary N) is 2. The van der Waals surface area contributed by atoms with E-state index >= 15 is 0 Å². The molecule has 2 atom stereocenters. The smallest absolute Gasteiger partial charge is 0.237 e. The molecule has 4 nitrogen and oxygen atoms in total. The number of rotatable bonds is 4. The molecule has 2 aliphatic heterocycles. The molecule has 1 aromatic rings. The number of hydrogen-bond acceptors (Lipinski definition) is 3. The molecule has 120 valence electrons. The van der Waals surface area contributed by atoms with E-state index in [0.717, 1.165) is 51.9 Å². The fraction of sp³-hybridized carbons (Fsp3) is 0.611. The summed E-state index contributed by atoms with van der Waals surface area (Å²) in [6.07, 6.45) is 5.60. The Morgan fingerprint density at radius 3 is 2.82 bits per heavy atom. The summed E-state index contributed by atoms with van der Waals surface area (Å²) in [5.74, 6) is 0.226. The Morgan fingerprint density at radius 2 is 2.05 bits per heavy atom. The average Bonchev–Trinajstić information content (AvgIpc) is 2.57. The van der Waals surface area contributed by atoms with Crippen LogP contribution < -0.4 is 10.6 Å². The largest absolute Gasteiger partial charge is 0.351 e. The lowest BCUT2D eigenvalue weighted by molar-refractivity contribution is -0.128. The van der Waals surface area contributed by atoms with E-state index in [9.17, 15) is 4.79 Å². The van der Waals surface area contributed by atoms with E-state index in [1.807, 2.05) is 6.07 Å². The first kappa shape index (κ1) is 15.5. The third-order valence-electron chi connectivity index (χ3n) is 4.79. The maximum Gasteiger partial charge on any atom is 0.237 e. The van der Waals surface area contributed by atoms with Crippen LogP contribution >= 0.6 is 0 Å². The van der Waals surface area contributed by atoms with Crippen molar-refractivity contribution >= 4 is 5.91 Å². The fourth-order valence-corrected chi connectivity index (χ4v) is 3.57. The fourth-order valence-electron chi connectivity index (χ4n) is 3.57. The number of nitrogens with zero attached hydrogens (tertiary/aromatic N) is 1. The van der Waals surface area contributed by atoms with E-state index in [1.165, 1.54) is 12.0 Å². The number of amides is 1. The summed E-state index contributed by atoms with van der Waals surface area (Å²) in [4.78, 5) is 15.0. The molecular formula is C18H27N3O. The zero-order valence-electron chi connectivity index (χ0n) is 13.3. The molecule has 3 rings (SSSR count). The van der Waals surface area contributed by atoms with E-state index in [0.29, 0.717) is 6.04 Å². The first-order valence-corrected chi connectivity index (χ1v) is 8.62. The van der Waals surface area contributed by atoms with Crippen LogP contribution in [-0.4, -0.2) is 42.5 Å². The molecule has 0 bridgehead atoms. The quantitative estimate of drug-likeness (QED) is 0.893. The number of carbonyl (C=O) groups excluding carboxylic acids is 1. The van der Waals surface area contributed by atoms with Gasteiger partial charge in [-0.15, -0.1) is 0 Å². The van der Waals surface area contributed by atoms with Crippen molar-refractivity contribution in [1.29, 1.82) is 0 Å². The van der Waals surface area contributed by atoms with Gasteiger partial charge in [-0.05, 0) is 44.3 Å². The standard InChI is InChI=1S/C18H27N3O/c22-18(20-16-9-6-11-19-13-16)17-10-4-5-12-21(17)14-15-7-2-1-3-8-15/h1-3,7-8,16-17,19H,4-6,9-14H2,(H,20,22). The first-order chi connectivity index (χ1) is 10.8. The molecule has 1 aromatic carbocycles. The van der Waals surface area contributed by atoms with Gasteiger partial charge in [0.05, 0.1) is 6.04 Å². The molecule has 2 unspecified atom stereocenters. The Hall–Kier alpha value is -1.39. The lowest BCUT2D eigenvalue weighted by atomic mass is 9.99. The summed E-state index contributed by atoms with van der Waals surface area (Å²) in [6, 6.07) is 10.8. The van der Waals surface area contributed by atoms with Gasteiger partial charge in [0.1, 0.15) is 0 Å². The highest BCUT2D eigenvalue weighted by Gasteiger charge is 2.30. The van der Waals surface area contributed by atoms with Crippen LogP contribution in [0.15, 0.2) is 30.3 Å². The zero-order chi connectivity index (χ0) is 15.2. The van der Waals surface area contributed by atoms with Crippen LogP contribution in [0.1, 0.15) is 37.7 Å². The summed E-state index contributed by atoms with van der Waals surface area (Å²) in [6.45, 7) is 3.89. The minimum Gasteiger partial charge on any atom is -0.351 e. The molecule has 0 radical (unpaired) electrons. The molecule has 2 N–H and O–H groups in total. The summed E-state index contributed by atoms with van der Waals surface area (Å²) in [5, 5.41) is 6.63. The Labute approximate surface area is 133 Å². The van der Waals surface area contributed by atoms with Crippen LogP contribution in [0.25, 0.3) is 0 Å². The van der Waals surface area contributed by atoms with Gasteiger partial charge in [0, 0.05) is 19.1 Å². The summed E-state index contributed by atoms with van der Waals surface area (Å²) in [7, 11) is 0. The van der Waals surface area contributed by atoms with Crippen molar-refractivity contribution in [2.45, 2.75) is 50.7 Å². The van der Waals surface area contributed by atoms with E-state index in [2.05, 4.69) is 39.8 Å². The van der Waals surface area contributed by atoms with Crippen LogP contribution in [0.4, 0.5) is 0 Å². The van der Waals surface area contributed by atoms with Gasteiger partial charge < -0.3 is 10.6 Å². The van der Waals surface area contributed by atoms with E-state index < -0.39 is 0 Å². The van der Waals surface area contributed by atoms with Gasteiger partial charge in [0.2, 0.25) is 5.91 Å². The maximum absolute atomic E-state index is 12.7. The second-order valence-corrected chi connectivity index (χ2v) is 6.52. The minimum absolute atomic E-state index is 0.0379. The normalized spacial score (nSPS) is 26.5. The molecule has 0 aromatic heterocycles. The molecule has 4 heteroatoms. The molecule has 2 aliphatic rings. The summed E-state index contributed by atoms with van der Waals surface area (Å²) >= 11 is 0. The minimum atomic E-state index is 0.0379. The lowest BCUT2D eigenvalue weighted by Crippen LogP contribution is -2.54. The van der Waals surface area contributed by atoms with Crippen molar-refractivity contribution in [3.63, 3.8) is 0 Å². The molecular weight excluding hydrogens is 274 g/mol. The molecule has 2 fully saturated rings. The SMILES string of the molecule is O=C(NC1CCCNC1)C1CCCCN1Cc1ccccc1. The zero-order valence-corrected chi connectivity index (χ0v) is 13.3. The predicted molar refractivity (Wildman–Crippen MR) is 88.5 cm³/mol. The number of hydrogen-bond donors (Lipinski definition) is 2. The highest BCUT2D eigenvalue weighted by Crippen LogP contribution is 2.20. The summed E-state index contributed by atoms with van der Waals surface area (Å²) < 4.78 is 0. The van der Waals surface area contributed by atoms with Crippen LogP contribution in [0, 0.1) is 0 Å². The van der Waals surface area contributed by atoms with Gasteiger partial charge in [0.15, 0.2) is 0 Å². The number of piperidine rings is 2. The lowest BCUT2D eigenvalue weighted by Gasteiger charge is -2.36. The Kier molecular flexibility index (Phi) is 5.46. The first-order valence-electron chi connectivity index (χ1n) is 8.62. The number of carbonyl (C=O) groups is 1.